The van der Waals surface area contributed by atoms with Crippen molar-refractivity contribution in [3.05, 3.63) is 54.1 Å². The van der Waals surface area contributed by atoms with Gasteiger partial charge in [-0.3, -0.25) is 4.79 Å². The van der Waals surface area contributed by atoms with Gasteiger partial charge in [-0.25, -0.2) is 0 Å². The fourth-order valence-electron chi connectivity index (χ4n) is 2.79. The number of nitrogens with one attached hydrogen (secondary N) is 1. The molecule has 3 nitrogen and oxygen atoms in total. The average molecular weight is 295 g/mol. The van der Waals surface area contributed by atoms with E-state index in [2.05, 4.69) is 11.4 Å². The molecule has 0 heterocycles. The first-order valence-corrected chi connectivity index (χ1v) is 7.88. The number of fused-ring (bicyclic) bond motifs is 1. The van der Waals surface area contributed by atoms with E-state index < -0.39 is 0 Å². The van der Waals surface area contributed by atoms with Gasteiger partial charge >= 0.3 is 0 Å². The third kappa shape index (κ3) is 3.67. The molecule has 0 spiro atoms. The minimum atomic E-state index is -0.0700. The van der Waals surface area contributed by atoms with Gasteiger partial charge in [0.1, 0.15) is 5.75 Å². The molecule has 0 unspecified atom stereocenters. The highest BCUT2D eigenvalue weighted by Gasteiger charge is 2.08. The molecule has 114 valence electrons. The fraction of sp³-hybridized carbons (Fsp3) is 0.316. The predicted molar refractivity (Wildman–Crippen MR) is 89.0 cm³/mol. The van der Waals surface area contributed by atoms with E-state index in [-0.39, 0.29) is 12.5 Å². The summed E-state index contributed by atoms with van der Waals surface area (Å²) in [4.78, 5) is 11.9. The van der Waals surface area contributed by atoms with Gasteiger partial charge in [-0.05, 0) is 37.1 Å². The van der Waals surface area contributed by atoms with Gasteiger partial charge in [0.2, 0.25) is 0 Å². The van der Waals surface area contributed by atoms with Crippen LogP contribution in [0.1, 0.15) is 25.7 Å². The molecule has 1 amide bonds. The van der Waals surface area contributed by atoms with E-state index in [0.29, 0.717) is 6.54 Å². The molecular weight excluding hydrogens is 274 g/mol. The third-order valence-corrected chi connectivity index (χ3v) is 4.01. The Balaban J connectivity index is 1.55. The number of ether oxygens (including phenoxy) is 1. The fourth-order valence-corrected chi connectivity index (χ4v) is 2.79. The van der Waals surface area contributed by atoms with Crippen molar-refractivity contribution in [2.75, 3.05) is 13.2 Å². The van der Waals surface area contributed by atoms with Crippen molar-refractivity contribution in [2.24, 2.45) is 0 Å². The SMILES string of the molecule is O=C(COc1cccc2ccccc12)NCC1=CCCCC1. The maximum absolute atomic E-state index is 11.9. The summed E-state index contributed by atoms with van der Waals surface area (Å²) in [7, 11) is 0. The van der Waals surface area contributed by atoms with Crippen LogP contribution in [0.15, 0.2) is 54.1 Å². The third-order valence-electron chi connectivity index (χ3n) is 4.01. The smallest absolute Gasteiger partial charge is 0.258 e. The maximum Gasteiger partial charge on any atom is 0.258 e. The summed E-state index contributed by atoms with van der Waals surface area (Å²) in [6, 6.07) is 13.9. The van der Waals surface area contributed by atoms with E-state index >= 15 is 0 Å². The molecule has 2 aromatic carbocycles. The maximum atomic E-state index is 11.9. The van der Waals surface area contributed by atoms with Gasteiger partial charge in [0.25, 0.3) is 5.91 Å². The zero-order valence-electron chi connectivity index (χ0n) is 12.7. The van der Waals surface area contributed by atoms with E-state index in [0.717, 1.165) is 29.4 Å². The van der Waals surface area contributed by atoms with Gasteiger partial charge < -0.3 is 10.1 Å². The molecule has 0 aliphatic heterocycles. The highest BCUT2D eigenvalue weighted by molar-refractivity contribution is 5.88. The Morgan fingerprint density at radius 1 is 1.09 bits per heavy atom. The summed E-state index contributed by atoms with van der Waals surface area (Å²) in [5.74, 6) is 0.685. The van der Waals surface area contributed by atoms with Gasteiger partial charge in [0.05, 0.1) is 0 Å². The Morgan fingerprint density at radius 2 is 1.95 bits per heavy atom. The van der Waals surface area contributed by atoms with Gasteiger partial charge in [0, 0.05) is 11.9 Å². The summed E-state index contributed by atoms with van der Waals surface area (Å²) in [6.45, 7) is 0.707. The van der Waals surface area contributed by atoms with Crippen molar-refractivity contribution in [2.45, 2.75) is 25.7 Å². The van der Waals surface area contributed by atoms with E-state index in [1.807, 2.05) is 42.5 Å². The minimum Gasteiger partial charge on any atom is -0.483 e. The highest BCUT2D eigenvalue weighted by atomic mass is 16.5. The highest BCUT2D eigenvalue weighted by Crippen LogP contribution is 2.25. The Labute approximate surface area is 131 Å². The van der Waals surface area contributed by atoms with E-state index in [1.165, 1.54) is 18.4 Å². The Bertz CT molecular complexity index is 685. The lowest BCUT2D eigenvalue weighted by atomic mass is 10.00. The van der Waals surface area contributed by atoms with Crippen LogP contribution in [-0.2, 0) is 4.79 Å². The molecule has 1 N–H and O–H groups in total. The second-order valence-electron chi connectivity index (χ2n) is 5.65. The molecule has 0 fully saturated rings. The van der Waals surface area contributed by atoms with Crippen molar-refractivity contribution < 1.29 is 9.53 Å². The number of hydrogen-bond donors (Lipinski definition) is 1. The van der Waals surface area contributed by atoms with Crippen LogP contribution >= 0.6 is 0 Å². The first-order chi connectivity index (χ1) is 10.8. The number of allylic oxidation sites excluding steroid dienone is 1. The molecule has 0 atom stereocenters. The molecule has 3 heteroatoms. The lowest BCUT2D eigenvalue weighted by Gasteiger charge is -2.14. The van der Waals surface area contributed by atoms with Gasteiger partial charge in [-0.1, -0.05) is 48.0 Å². The Morgan fingerprint density at radius 3 is 2.82 bits per heavy atom. The van der Waals surface area contributed by atoms with Gasteiger partial charge in [0.15, 0.2) is 6.61 Å². The summed E-state index contributed by atoms with van der Waals surface area (Å²) in [5.41, 5.74) is 1.34. The van der Waals surface area contributed by atoms with Crippen molar-refractivity contribution in [3.8, 4) is 5.75 Å². The van der Waals surface area contributed by atoms with Gasteiger partial charge in [-0.2, -0.15) is 0 Å². The second kappa shape index (κ2) is 7.12. The first kappa shape index (κ1) is 14.6. The molecule has 0 aromatic heterocycles. The van der Waals surface area contributed by atoms with Crippen molar-refractivity contribution in [3.63, 3.8) is 0 Å². The molecule has 22 heavy (non-hydrogen) atoms. The lowest BCUT2D eigenvalue weighted by Crippen LogP contribution is -2.30. The molecule has 0 radical (unpaired) electrons. The number of hydrogen-bond acceptors (Lipinski definition) is 2. The van der Waals surface area contributed by atoms with Crippen molar-refractivity contribution in [1.29, 1.82) is 0 Å². The summed E-state index contributed by atoms with van der Waals surface area (Å²) in [6.07, 6.45) is 6.98. The molecule has 0 saturated heterocycles. The zero-order valence-corrected chi connectivity index (χ0v) is 12.7. The standard InChI is InChI=1S/C19H21NO2/c21-19(20-13-15-7-2-1-3-8-15)14-22-18-12-6-10-16-9-4-5-11-17(16)18/h4-7,9-12H,1-3,8,13-14H2,(H,20,21). The van der Waals surface area contributed by atoms with Crippen LogP contribution in [0.25, 0.3) is 10.8 Å². The van der Waals surface area contributed by atoms with Crippen LogP contribution in [0.5, 0.6) is 5.75 Å². The van der Waals surface area contributed by atoms with Crippen molar-refractivity contribution >= 4 is 16.7 Å². The number of carbonyl (C=O) groups excluding carboxylic acids is 1. The topological polar surface area (TPSA) is 38.3 Å². The van der Waals surface area contributed by atoms with Crippen LogP contribution < -0.4 is 10.1 Å². The van der Waals surface area contributed by atoms with E-state index in [9.17, 15) is 4.79 Å². The quantitative estimate of drug-likeness (QED) is 0.851. The Hall–Kier alpha value is -2.29. The van der Waals surface area contributed by atoms with Crippen LogP contribution in [0.4, 0.5) is 0 Å². The predicted octanol–water partition coefficient (Wildman–Crippen LogP) is 3.84. The molecule has 0 saturated carbocycles. The largest absolute Gasteiger partial charge is 0.483 e. The summed E-state index contributed by atoms with van der Waals surface area (Å²) in [5, 5.41) is 5.09. The van der Waals surface area contributed by atoms with Crippen LogP contribution in [0.3, 0.4) is 0 Å². The first-order valence-electron chi connectivity index (χ1n) is 7.88. The van der Waals surface area contributed by atoms with Crippen molar-refractivity contribution in [1.82, 2.24) is 5.32 Å². The normalized spacial score (nSPS) is 14.5. The van der Waals surface area contributed by atoms with Crippen LogP contribution in [-0.4, -0.2) is 19.1 Å². The summed E-state index contributed by atoms with van der Waals surface area (Å²) >= 11 is 0. The molecule has 1 aliphatic rings. The zero-order chi connectivity index (χ0) is 15.2. The molecular formula is C19H21NO2. The molecule has 3 rings (SSSR count). The van der Waals surface area contributed by atoms with E-state index in [4.69, 9.17) is 4.74 Å². The number of amides is 1. The average Bonchev–Trinajstić information content (AvgIpc) is 2.59. The molecule has 2 aromatic rings. The number of rotatable bonds is 5. The van der Waals surface area contributed by atoms with Crippen LogP contribution in [0, 0.1) is 0 Å². The Kier molecular flexibility index (Phi) is 4.74. The lowest BCUT2D eigenvalue weighted by molar-refractivity contribution is -0.122. The second-order valence-corrected chi connectivity index (χ2v) is 5.65. The summed E-state index contributed by atoms with van der Waals surface area (Å²) < 4.78 is 5.69. The van der Waals surface area contributed by atoms with Crippen LogP contribution in [0.2, 0.25) is 0 Å². The van der Waals surface area contributed by atoms with Gasteiger partial charge in [-0.15, -0.1) is 0 Å². The molecule has 1 aliphatic carbocycles. The molecule has 0 bridgehead atoms. The monoisotopic (exact) mass is 295 g/mol. The number of carbonyl (C=O) groups is 1. The van der Waals surface area contributed by atoms with E-state index in [1.54, 1.807) is 0 Å². The number of benzene rings is 2. The minimum absolute atomic E-state index is 0.0568.